The molecule has 0 aromatic heterocycles. The summed E-state index contributed by atoms with van der Waals surface area (Å²) < 4.78 is 26.6. The number of hydrogen-bond donors (Lipinski definition) is 1. The van der Waals surface area contributed by atoms with Gasteiger partial charge in [-0.2, -0.15) is 4.31 Å². The van der Waals surface area contributed by atoms with Crippen molar-refractivity contribution in [2.75, 3.05) is 13.1 Å². The number of benzene rings is 1. The Morgan fingerprint density at radius 3 is 2.65 bits per heavy atom. The van der Waals surface area contributed by atoms with Gasteiger partial charge < -0.3 is 5.32 Å². The molecular weight excluding hydrogens is 276 g/mol. The van der Waals surface area contributed by atoms with Crippen LogP contribution in [0, 0.1) is 5.92 Å². The van der Waals surface area contributed by atoms with Gasteiger partial charge >= 0.3 is 0 Å². The fourth-order valence-electron chi connectivity index (χ4n) is 3.03. The first kappa shape index (κ1) is 13.6. The summed E-state index contributed by atoms with van der Waals surface area (Å²) in [6, 6.07) is 8.44. The standard InChI is InChI=1S/C14H18N2O3S/c17-14-8-4-5-11-9-16(10-13(11)15-14)20(18,19)12-6-2-1-3-7-12/h1-3,6-7,11,13H,4-5,8-10H2,(H,15,17)/t11-,13+/m1/s1. The van der Waals surface area contributed by atoms with Crippen LogP contribution in [0.15, 0.2) is 35.2 Å². The van der Waals surface area contributed by atoms with Crippen molar-refractivity contribution in [3.8, 4) is 0 Å². The Hall–Kier alpha value is -1.40. The fraction of sp³-hybridized carbons (Fsp3) is 0.500. The van der Waals surface area contributed by atoms with Crippen LogP contribution in [0.5, 0.6) is 0 Å². The predicted molar refractivity (Wildman–Crippen MR) is 74.5 cm³/mol. The largest absolute Gasteiger partial charge is 0.352 e. The van der Waals surface area contributed by atoms with Gasteiger partial charge in [0.15, 0.2) is 0 Å². The Morgan fingerprint density at radius 2 is 1.90 bits per heavy atom. The van der Waals surface area contributed by atoms with Crippen molar-refractivity contribution >= 4 is 15.9 Å². The van der Waals surface area contributed by atoms with E-state index in [1.165, 1.54) is 4.31 Å². The molecule has 20 heavy (non-hydrogen) atoms. The van der Waals surface area contributed by atoms with E-state index in [4.69, 9.17) is 0 Å². The Morgan fingerprint density at radius 1 is 1.15 bits per heavy atom. The van der Waals surface area contributed by atoms with E-state index in [0.29, 0.717) is 24.4 Å². The normalized spacial score (nSPS) is 27.7. The molecule has 2 heterocycles. The highest BCUT2D eigenvalue weighted by Gasteiger charge is 2.40. The number of hydrogen-bond acceptors (Lipinski definition) is 3. The molecule has 0 radical (unpaired) electrons. The van der Waals surface area contributed by atoms with E-state index in [9.17, 15) is 13.2 Å². The maximum atomic E-state index is 12.6. The average Bonchev–Trinajstić information content (AvgIpc) is 2.76. The third-order valence-corrected chi connectivity index (χ3v) is 5.96. The van der Waals surface area contributed by atoms with Crippen LogP contribution in [0.1, 0.15) is 19.3 Å². The van der Waals surface area contributed by atoms with Crippen LogP contribution in [0.2, 0.25) is 0 Å². The van der Waals surface area contributed by atoms with Crippen LogP contribution < -0.4 is 5.32 Å². The molecule has 1 aromatic rings. The first-order chi connectivity index (χ1) is 9.57. The molecule has 2 fully saturated rings. The average molecular weight is 294 g/mol. The molecule has 0 unspecified atom stereocenters. The second-order valence-electron chi connectivity index (χ2n) is 5.46. The van der Waals surface area contributed by atoms with E-state index < -0.39 is 10.0 Å². The fourth-order valence-corrected chi connectivity index (χ4v) is 4.57. The number of nitrogens with one attached hydrogen (secondary N) is 1. The molecule has 5 nitrogen and oxygen atoms in total. The Labute approximate surface area is 119 Å². The lowest BCUT2D eigenvalue weighted by Crippen LogP contribution is -2.39. The van der Waals surface area contributed by atoms with E-state index in [0.717, 1.165) is 12.8 Å². The lowest BCUT2D eigenvalue weighted by atomic mass is 9.99. The lowest BCUT2D eigenvalue weighted by Gasteiger charge is -2.17. The van der Waals surface area contributed by atoms with Gasteiger partial charge in [-0.3, -0.25) is 4.79 Å². The molecule has 0 bridgehead atoms. The van der Waals surface area contributed by atoms with Gasteiger partial charge in [0.25, 0.3) is 0 Å². The number of sulfonamides is 1. The van der Waals surface area contributed by atoms with Crippen LogP contribution in [-0.2, 0) is 14.8 Å². The van der Waals surface area contributed by atoms with Gasteiger partial charge in [0, 0.05) is 25.6 Å². The summed E-state index contributed by atoms with van der Waals surface area (Å²) in [6.07, 6.45) is 2.30. The predicted octanol–water partition coefficient (Wildman–Crippen LogP) is 0.976. The molecule has 3 rings (SSSR count). The number of fused-ring (bicyclic) bond motifs is 1. The van der Waals surface area contributed by atoms with Crippen molar-refractivity contribution in [3.63, 3.8) is 0 Å². The van der Waals surface area contributed by atoms with Crippen molar-refractivity contribution in [2.24, 2.45) is 5.92 Å². The summed E-state index contributed by atoms with van der Waals surface area (Å²) in [5, 5.41) is 2.95. The molecule has 2 aliphatic heterocycles. The molecule has 108 valence electrons. The van der Waals surface area contributed by atoms with Crippen molar-refractivity contribution in [1.82, 2.24) is 9.62 Å². The Balaban J connectivity index is 1.82. The van der Waals surface area contributed by atoms with Crippen LogP contribution in [-0.4, -0.2) is 37.8 Å². The molecule has 2 atom stereocenters. The minimum atomic E-state index is -3.44. The molecule has 0 spiro atoms. The van der Waals surface area contributed by atoms with Gasteiger partial charge in [-0.25, -0.2) is 8.42 Å². The highest BCUT2D eigenvalue weighted by Crippen LogP contribution is 2.29. The monoisotopic (exact) mass is 294 g/mol. The molecule has 1 amide bonds. The third kappa shape index (κ3) is 2.45. The molecule has 2 aliphatic rings. The zero-order valence-electron chi connectivity index (χ0n) is 11.2. The number of carbonyl (C=O) groups excluding carboxylic acids is 1. The van der Waals surface area contributed by atoms with Crippen LogP contribution >= 0.6 is 0 Å². The summed E-state index contributed by atoms with van der Waals surface area (Å²) in [6.45, 7) is 0.885. The van der Waals surface area contributed by atoms with Gasteiger partial charge in [0.2, 0.25) is 15.9 Å². The van der Waals surface area contributed by atoms with E-state index in [-0.39, 0.29) is 17.9 Å². The van der Waals surface area contributed by atoms with Crippen molar-refractivity contribution in [2.45, 2.75) is 30.2 Å². The molecule has 0 aliphatic carbocycles. The first-order valence-electron chi connectivity index (χ1n) is 6.92. The Bertz CT molecular complexity index is 600. The van der Waals surface area contributed by atoms with E-state index in [1.54, 1.807) is 30.3 Å². The maximum Gasteiger partial charge on any atom is 0.243 e. The first-order valence-corrected chi connectivity index (χ1v) is 8.36. The van der Waals surface area contributed by atoms with Crippen LogP contribution in [0.25, 0.3) is 0 Å². The molecular formula is C14H18N2O3S. The quantitative estimate of drug-likeness (QED) is 0.884. The minimum absolute atomic E-state index is 0.0384. The molecule has 1 aromatic carbocycles. The zero-order chi connectivity index (χ0) is 14.2. The van der Waals surface area contributed by atoms with Gasteiger partial charge in [-0.05, 0) is 30.9 Å². The smallest absolute Gasteiger partial charge is 0.243 e. The summed E-state index contributed by atoms with van der Waals surface area (Å²) in [5.41, 5.74) is 0. The summed E-state index contributed by atoms with van der Waals surface area (Å²) in [4.78, 5) is 11.9. The molecule has 6 heteroatoms. The zero-order valence-corrected chi connectivity index (χ0v) is 12.0. The highest BCUT2D eigenvalue weighted by molar-refractivity contribution is 7.89. The van der Waals surface area contributed by atoms with Crippen molar-refractivity contribution in [1.29, 1.82) is 0 Å². The number of amides is 1. The summed E-state index contributed by atoms with van der Waals surface area (Å²) in [7, 11) is -3.44. The number of nitrogens with zero attached hydrogens (tertiary/aromatic N) is 1. The van der Waals surface area contributed by atoms with E-state index in [1.807, 2.05) is 0 Å². The lowest BCUT2D eigenvalue weighted by molar-refractivity contribution is -0.121. The third-order valence-electron chi connectivity index (χ3n) is 4.11. The van der Waals surface area contributed by atoms with Gasteiger partial charge in [0.1, 0.15) is 0 Å². The van der Waals surface area contributed by atoms with Crippen LogP contribution in [0.4, 0.5) is 0 Å². The topological polar surface area (TPSA) is 66.5 Å². The maximum absolute atomic E-state index is 12.6. The summed E-state index contributed by atoms with van der Waals surface area (Å²) >= 11 is 0. The Kier molecular flexibility index (Phi) is 3.52. The van der Waals surface area contributed by atoms with E-state index in [2.05, 4.69) is 5.32 Å². The molecule has 1 N–H and O–H groups in total. The highest BCUT2D eigenvalue weighted by atomic mass is 32.2. The van der Waals surface area contributed by atoms with Gasteiger partial charge in [-0.1, -0.05) is 18.2 Å². The second kappa shape index (κ2) is 5.18. The summed E-state index contributed by atoms with van der Waals surface area (Å²) in [5.74, 6) is 0.274. The van der Waals surface area contributed by atoms with Crippen molar-refractivity contribution < 1.29 is 13.2 Å². The minimum Gasteiger partial charge on any atom is -0.352 e. The van der Waals surface area contributed by atoms with Gasteiger partial charge in [-0.15, -0.1) is 0 Å². The van der Waals surface area contributed by atoms with Crippen molar-refractivity contribution in [3.05, 3.63) is 30.3 Å². The second-order valence-corrected chi connectivity index (χ2v) is 7.40. The van der Waals surface area contributed by atoms with Crippen LogP contribution in [0.3, 0.4) is 0 Å². The number of rotatable bonds is 2. The SMILES string of the molecule is O=C1CCC[C@@H]2CN(S(=O)(=O)c3ccccc3)C[C@@H]2N1. The van der Waals surface area contributed by atoms with Gasteiger partial charge in [0.05, 0.1) is 4.90 Å². The molecule has 0 saturated carbocycles. The number of carbonyl (C=O) groups is 1. The van der Waals surface area contributed by atoms with E-state index >= 15 is 0 Å². The molecule has 2 saturated heterocycles.